The molecule has 9 atom stereocenters. The van der Waals surface area contributed by atoms with Crippen LogP contribution in [-0.4, -0.2) is 221 Å². The van der Waals surface area contributed by atoms with Gasteiger partial charge in [0.25, 0.3) is 0 Å². The molecule has 38 nitrogen and oxygen atoms in total. The summed E-state index contributed by atoms with van der Waals surface area (Å²) in [5.74, 6) is -19.1. The second kappa shape index (κ2) is 55.2. The highest BCUT2D eigenvalue weighted by Gasteiger charge is 2.40. The first-order chi connectivity index (χ1) is 49.0. The van der Waals surface area contributed by atoms with Gasteiger partial charge in [-0.15, -0.1) is 0 Å². The summed E-state index contributed by atoms with van der Waals surface area (Å²) < 4.78 is 95.2. The highest BCUT2D eigenvalue weighted by molar-refractivity contribution is 5.99. The lowest BCUT2D eigenvalue weighted by Gasteiger charge is -2.26. The lowest BCUT2D eigenvalue weighted by Crippen LogP contribution is -2.60. The molecule has 0 unspecified atom stereocenters. The number of primary amides is 2. The minimum absolute atomic E-state index is 0.0259. The Labute approximate surface area is 603 Å². The zero-order valence-corrected chi connectivity index (χ0v) is 59.2. The molecule has 106 heavy (non-hydrogen) atoms. The average Bonchev–Trinajstić information content (AvgIpc) is 0.868. The second-order valence-electron chi connectivity index (χ2n) is 23.3. The van der Waals surface area contributed by atoms with E-state index >= 15 is 0 Å². The smallest absolute Gasteiger partial charge is 0.475 e. The van der Waals surface area contributed by atoms with Crippen LogP contribution >= 0.6 is 0 Å². The minimum atomic E-state index is -5.08. The summed E-state index contributed by atoms with van der Waals surface area (Å²) in [7, 11) is 0. The van der Waals surface area contributed by atoms with Crippen LogP contribution in [0.2, 0.25) is 0 Å². The van der Waals surface area contributed by atoms with E-state index < -0.39 is 163 Å². The van der Waals surface area contributed by atoms with Crippen molar-refractivity contribution in [2.24, 2.45) is 66.8 Å². The van der Waals surface area contributed by atoms with Crippen LogP contribution in [0.15, 0.2) is 15.0 Å². The maximum Gasteiger partial charge on any atom is 0.490 e. The molecule has 0 fully saturated rings. The SMILES string of the molecule is CCCCCCCCCCCCCC(=O)NCC(=O)N[C@@H](CCCN=C(N)N)C(=O)N[C@H](C(=O)NCC(=O)N[C@@H](CCCN=C(N)N)C(=O)N[C@@H](CCCN=C(N)N)C(=O)N[C@@H](CC(N)=O)C(=O)N[C@@H](C)C(=O)N[C@H](C(N)=O)[C@@H](C)CC)[C@@H](C)O.O=C(O)C(F)(F)F.O=C(O)C(F)(F)F.O=C(O)C(F)(F)F. The fourth-order valence-corrected chi connectivity index (χ4v) is 8.30. The van der Waals surface area contributed by atoms with Crippen LogP contribution in [0.4, 0.5) is 39.5 Å². The highest BCUT2D eigenvalue weighted by Crippen LogP contribution is 2.16. The number of carbonyl (C=O) groups is 14. The van der Waals surface area contributed by atoms with Gasteiger partial charge in [-0.05, 0) is 64.7 Å². The van der Waals surface area contributed by atoms with E-state index in [-0.39, 0.29) is 94.3 Å². The molecule has 0 aliphatic carbocycles. The van der Waals surface area contributed by atoms with Crippen LogP contribution < -0.4 is 93.7 Å². The number of unbranched alkanes of at least 4 members (excludes halogenated alkanes) is 10. The summed E-state index contributed by atoms with van der Waals surface area (Å²) in [5.41, 5.74) is 43.6. The average molecular weight is 1550 g/mol. The molecule has 29 N–H and O–H groups in total. The third-order valence-electron chi connectivity index (χ3n) is 14.0. The van der Waals surface area contributed by atoms with Gasteiger partial charge in [-0.2, -0.15) is 39.5 Å². The van der Waals surface area contributed by atoms with E-state index in [9.17, 15) is 97.4 Å². The molecule has 0 aromatic heterocycles. The molecule has 610 valence electrons. The fourth-order valence-electron chi connectivity index (χ4n) is 8.30. The molecule has 0 aliphatic heterocycles. The number of rotatable bonds is 47. The quantitative estimate of drug-likeness (QED) is 0.0126. The van der Waals surface area contributed by atoms with Gasteiger partial charge in [-0.1, -0.05) is 91.4 Å². The van der Waals surface area contributed by atoms with Gasteiger partial charge < -0.3 is 114 Å². The standard InChI is InChI=1S/C53H100N20O12.3C2HF3O2/c1-6-8-9-10-11-12-13-14-15-16-17-24-39(76)65-29-40(77)69-35(22-19-26-63-52(58)59)48(83)73-43(33(5)74)50(85)66-30-41(78)68-34(21-18-25-62-51(56)57)46(81)70-36(23-20-27-64-53(60)61)47(82)71-37(28-38(54)75)49(84)67-32(4)45(80)72-42(44(55)79)31(3)7-2;3*3-2(4,5)1(6)7/h31-37,42-43,74H,6-30H2,1-5H3,(H2,54,75)(H2,55,79)(H,65,76)(H,66,85)(H,67,84)(H,68,78)(H,69,77)(H,70,81)(H,71,82)(H,72,80)(H,73,83)(H4,56,57,62)(H4,58,59,63)(H4,60,61,64);3*(H,6,7)/t31-,32-,33+,34-,35-,36-,37-,42-,43-;;;/m0.../s1. The van der Waals surface area contributed by atoms with Crippen molar-refractivity contribution in [3.05, 3.63) is 0 Å². The van der Waals surface area contributed by atoms with Crippen molar-refractivity contribution in [1.82, 2.24) is 47.9 Å². The zero-order valence-electron chi connectivity index (χ0n) is 59.2. The van der Waals surface area contributed by atoms with Crippen LogP contribution in [0, 0.1) is 5.92 Å². The van der Waals surface area contributed by atoms with Crippen LogP contribution in [0.3, 0.4) is 0 Å². The Morgan fingerprint density at radius 1 is 0.387 bits per heavy atom. The monoisotopic (exact) mass is 1550 g/mol. The Balaban J connectivity index is -0.00000213. The number of alkyl halides is 9. The summed E-state index contributed by atoms with van der Waals surface area (Å²) in [6.07, 6.45) is -4.86. The van der Waals surface area contributed by atoms with Gasteiger partial charge >= 0.3 is 36.4 Å². The van der Waals surface area contributed by atoms with Gasteiger partial charge in [0.15, 0.2) is 17.9 Å². The van der Waals surface area contributed by atoms with Crippen molar-refractivity contribution in [1.29, 1.82) is 0 Å². The Morgan fingerprint density at radius 2 is 0.708 bits per heavy atom. The summed E-state index contributed by atoms with van der Waals surface area (Å²) in [4.78, 5) is 184. The third-order valence-corrected chi connectivity index (χ3v) is 14.0. The van der Waals surface area contributed by atoms with Crippen LogP contribution in [0.25, 0.3) is 0 Å². The number of guanidine groups is 3. The number of aliphatic carboxylic acids is 3. The molecule has 0 saturated heterocycles. The number of aliphatic hydroxyl groups excluding tert-OH is 1. The van der Waals surface area contributed by atoms with E-state index in [1.54, 1.807) is 13.8 Å². The summed E-state index contributed by atoms with van der Waals surface area (Å²) in [5, 5.41) is 54.0. The molecule has 0 radical (unpaired) electrons. The highest BCUT2D eigenvalue weighted by atomic mass is 19.4. The number of aliphatic imine (C=N–C) groups is 3. The molecule has 0 aromatic rings. The Morgan fingerprint density at radius 3 is 1.04 bits per heavy atom. The maximum absolute atomic E-state index is 14.1. The first-order valence-electron chi connectivity index (χ1n) is 32.9. The summed E-state index contributed by atoms with van der Waals surface area (Å²) in [6.45, 7) is 6.82. The van der Waals surface area contributed by atoms with E-state index in [4.69, 9.17) is 75.6 Å². The van der Waals surface area contributed by atoms with Crippen molar-refractivity contribution in [3.8, 4) is 0 Å². The minimum Gasteiger partial charge on any atom is -0.475 e. The van der Waals surface area contributed by atoms with E-state index in [1.165, 1.54) is 52.4 Å². The number of amides is 11. The number of carboxylic acid groups (broad SMARTS) is 3. The van der Waals surface area contributed by atoms with Gasteiger partial charge in [0.2, 0.25) is 65.0 Å². The lowest BCUT2D eigenvalue weighted by atomic mass is 9.98. The molecule has 11 amide bonds. The molecule has 0 aromatic carbocycles. The van der Waals surface area contributed by atoms with Crippen molar-refractivity contribution in [3.63, 3.8) is 0 Å². The van der Waals surface area contributed by atoms with Gasteiger partial charge in [-0.3, -0.25) is 67.7 Å². The molecule has 0 spiro atoms. The molecule has 0 heterocycles. The number of carbonyl (C=O) groups excluding carboxylic acids is 11. The predicted octanol–water partition coefficient (Wildman–Crippen LogP) is -2.82. The van der Waals surface area contributed by atoms with Gasteiger partial charge in [0.05, 0.1) is 25.6 Å². The Kier molecular flexibility index (Phi) is 53.2. The van der Waals surface area contributed by atoms with Crippen LogP contribution in [0.1, 0.15) is 163 Å². The number of carboxylic acids is 3. The molecule has 0 rings (SSSR count). The summed E-state index contributed by atoms with van der Waals surface area (Å²) >= 11 is 0. The predicted molar refractivity (Wildman–Crippen MR) is 361 cm³/mol. The maximum atomic E-state index is 14.1. The van der Waals surface area contributed by atoms with Crippen molar-refractivity contribution in [2.45, 2.75) is 230 Å². The third kappa shape index (κ3) is 54.4. The van der Waals surface area contributed by atoms with Gasteiger partial charge in [-0.25, -0.2) is 14.4 Å². The summed E-state index contributed by atoms with van der Waals surface area (Å²) in [6, 6.07) is -10.1. The van der Waals surface area contributed by atoms with E-state index in [0.717, 1.165) is 25.7 Å². The van der Waals surface area contributed by atoms with E-state index in [2.05, 4.69) is 69.8 Å². The number of halogens is 9. The number of hydrogen-bond acceptors (Lipinski definition) is 18. The number of nitrogens with one attached hydrogen (secondary N) is 9. The molecule has 0 bridgehead atoms. The first-order valence-corrected chi connectivity index (χ1v) is 32.9. The first kappa shape index (κ1) is 102. The lowest BCUT2D eigenvalue weighted by molar-refractivity contribution is -0.193. The largest absolute Gasteiger partial charge is 0.490 e. The van der Waals surface area contributed by atoms with Gasteiger partial charge in [0.1, 0.15) is 42.3 Å². The van der Waals surface area contributed by atoms with Gasteiger partial charge in [0, 0.05) is 26.1 Å². The zero-order chi connectivity index (χ0) is 82.7. The second-order valence-corrected chi connectivity index (χ2v) is 23.3. The number of nitrogens with two attached hydrogens (primary N) is 8. The number of hydrogen-bond donors (Lipinski definition) is 21. The van der Waals surface area contributed by atoms with E-state index in [1.807, 2.05) is 0 Å². The molecule has 0 saturated carbocycles. The van der Waals surface area contributed by atoms with Crippen LogP contribution in [0.5, 0.6) is 0 Å². The number of nitrogens with zero attached hydrogens (tertiary/aromatic N) is 3. The molecular formula is C59H103F9N20O18. The van der Waals surface area contributed by atoms with Crippen LogP contribution in [-0.2, 0) is 67.1 Å². The topological polar surface area (TPSA) is 673 Å². The Hall–Kier alpha value is -10.3. The Bertz CT molecular complexity index is 2830. The fraction of sp³-hybridized carbons (Fsp3) is 0.712. The van der Waals surface area contributed by atoms with Crippen molar-refractivity contribution in [2.75, 3.05) is 32.7 Å². The van der Waals surface area contributed by atoms with Crippen molar-refractivity contribution < 1.29 is 127 Å². The van der Waals surface area contributed by atoms with Crippen molar-refractivity contribution >= 4 is 101 Å². The normalized spacial score (nSPS) is 13.5. The number of aliphatic hydroxyl groups is 1. The molecule has 47 heteroatoms. The molecular weight excluding hydrogens is 1450 g/mol. The van der Waals surface area contributed by atoms with E-state index in [0.29, 0.717) is 12.8 Å². The molecule has 0 aliphatic rings.